The van der Waals surface area contributed by atoms with Gasteiger partial charge in [0.05, 0.1) is 37.9 Å². The fraction of sp³-hybridized carbons (Fsp3) is 0.480. The van der Waals surface area contributed by atoms with E-state index in [-0.39, 0.29) is 30.8 Å². The zero-order valence-corrected chi connectivity index (χ0v) is 20.0. The molecule has 0 unspecified atom stereocenters. The van der Waals surface area contributed by atoms with E-state index in [0.29, 0.717) is 42.7 Å². The van der Waals surface area contributed by atoms with Gasteiger partial charge >= 0.3 is 0 Å². The number of nitrogens with one attached hydrogen (secondary N) is 1. The molecule has 2 saturated heterocycles. The molecular weight excluding hydrogens is 463 g/mol. The molecule has 8 heteroatoms. The summed E-state index contributed by atoms with van der Waals surface area (Å²) in [5.41, 5.74) is 2.02. The molecule has 178 valence electrons. The van der Waals surface area contributed by atoms with Crippen molar-refractivity contribution in [1.82, 2.24) is 10.2 Å². The van der Waals surface area contributed by atoms with E-state index in [0.717, 1.165) is 24.0 Å². The number of ether oxygens (including phenoxy) is 2. The number of halogens is 2. The van der Waals surface area contributed by atoms with Crippen LogP contribution in [0.25, 0.3) is 0 Å². The second-order valence-electron chi connectivity index (χ2n) is 8.76. The van der Waals surface area contributed by atoms with Crippen molar-refractivity contribution in [1.29, 1.82) is 0 Å². The Morgan fingerprint density at radius 1 is 1.09 bits per heavy atom. The number of hydrogen-bond donors (Lipinski definition) is 2. The number of fused-ring (bicyclic) bond motifs is 1. The van der Waals surface area contributed by atoms with Crippen LogP contribution in [0.1, 0.15) is 30.4 Å². The molecule has 0 bridgehead atoms. The van der Waals surface area contributed by atoms with E-state index in [1.54, 1.807) is 0 Å². The molecule has 4 rings (SSSR count). The van der Waals surface area contributed by atoms with Crippen LogP contribution in [-0.4, -0.2) is 60.0 Å². The highest BCUT2D eigenvalue weighted by atomic mass is 35.5. The van der Waals surface area contributed by atoms with Crippen LogP contribution in [0.5, 0.6) is 0 Å². The summed E-state index contributed by atoms with van der Waals surface area (Å²) in [6.45, 7) is 2.27. The van der Waals surface area contributed by atoms with E-state index in [1.807, 2.05) is 48.5 Å². The average Bonchev–Trinajstić information content (AvgIpc) is 2.79. The van der Waals surface area contributed by atoms with Crippen molar-refractivity contribution in [3.63, 3.8) is 0 Å². The lowest BCUT2D eigenvalue weighted by Gasteiger charge is -2.44. The molecule has 2 aromatic rings. The van der Waals surface area contributed by atoms with Crippen molar-refractivity contribution in [3.05, 3.63) is 69.7 Å². The van der Waals surface area contributed by atoms with Gasteiger partial charge < -0.3 is 19.9 Å². The van der Waals surface area contributed by atoms with Crippen LogP contribution in [0.3, 0.4) is 0 Å². The summed E-state index contributed by atoms with van der Waals surface area (Å²) in [6.07, 6.45) is 1.08. The first-order valence-electron chi connectivity index (χ1n) is 11.4. The van der Waals surface area contributed by atoms with Gasteiger partial charge in [-0.25, -0.2) is 0 Å². The van der Waals surface area contributed by atoms with Crippen molar-refractivity contribution in [3.8, 4) is 0 Å². The standard InChI is InChI=1S/C25H30Cl2N2O4/c26-19-7-5-17(6-8-19)13-29-14-20(30)15-32-16-24-23(29)10-9-21(33-24)11-25(31)28-12-18-3-1-2-4-22(18)27/h1-8,20-21,23-24,30H,9-16H2,(H,28,31)/t20-,21-,23+,24-/m1/s1. The predicted octanol–water partition coefficient (Wildman–Crippen LogP) is 3.81. The molecule has 1 amide bonds. The maximum Gasteiger partial charge on any atom is 0.222 e. The van der Waals surface area contributed by atoms with Gasteiger partial charge in [-0.1, -0.05) is 53.5 Å². The summed E-state index contributed by atoms with van der Waals surface area (Å²) in [5.74, 6) is -0.0569. The van der Waals surface area contributed by atoms with Crippen LogP contribution >= 0.6 is 23.2 Å². The van der Waals surface area contributed by atoms with Crippen molar-refractivity contribution < 1.29 is 19.4 Å². The minimum absolute atomic E-state index is 0.0569. The van der Waals surface area contributed by atoms with Crippen LogP contribution in [0.15, 0.2) is 48.5 Å². The first-order chi connectivity index (χ1) is 16.0. The third-order valence-corrected chi connectivity index (χ3v) is 6.85. The zero-order chi connectivity index (χ0) is 23.2. The molecule has 6 nitrogen and oxygen atoms in total. The highest BCUT2D eigenvalue weighted by Gasteiger charge is 2.38. The SMILES string of the molecule is O=C(C[C@H]1CC[C@H]2[C@@H](COC[C@H](O)CN2Cc2ccc(Cl)cc2)O1)NCc1ccccc1Cl. The summed E-state index contributed by atoms with van der Waals surface area (Å²) in [7, 11) is 0. The number of amides is 1. The Morgan fingerprint density at radius 2 is 1.88 bits per heavy atom. The molecule has 2 N–H and O–H groups in total. The molecule has 0 saturated carbocycles. The number of benzene rings is 2. The molecular formula is C25H30Cl2N2O4. The summed E-state index contributed by atoms with van der Waals surface area (Å²) in [6, 6.07) is 15.4. The lowest BCUT2D eigenvalue weighted by atomic mass is 9.94. The third-order valence-electron chi connectivity index (χ3n) is 6.23. The molecule has 33 heavy (non-hydrogen) atoms. The van der Waals surface area contributed by atoms with E-state index in [4.69, 9.17) is 32.7 Å². The fourth-order valence-electron chi connectivity index (χ4n) is 4.57. The monoisotopic (exact) mass is 492 g/mol. The van der Waals surface area contributed by atoms with Crippen LogP contribution in [0, 0.1) is 0 Å². The van der Waals surface area contributed by atoms with Crippen LogP contribution in [-0.2, 0) is 27.4 Å². The number of aliphatic hydroxyl groups is 1. The van der Waals surface area contributed by atoms with Gasteiger partial charge in [0.1, 0.15) is 0 Å². The number of rotatable bonds is 6. The predicted molar refractivity (Wildman–Crippen MR) is 128 cm³/mol. The number of aliphatic hydroxyl groups excluding tert-OH is 1. The summed E-state index contributed by atoms with van der Waals surface area (Å²) in [4.78, 5) is 14.8. The Hall–Kier alpha value is -1.67. The number of carbonyl (C=O) groups excluding carboxylic acids is 1. The van der Waals surface area contributed by atoms with E-state index < -0.39 is 6.10 Å². The normalized spacial score (nSPS) is 26.2. The molecule has 2 aliphatic rings. The van der Waals surface area contributed by atoms with Crippen molar-refractivity contribution in [2.45, 2.75) is 56.7 Å². The number of hydrogen-bond acceptors (Lipinski definition) is 5. The van der Waals surface area contributed by atoms with Gasteiger partial charge in [-0.2, -0.15) is 0 Å². The van der Waals surface area contributed by atoms with Gasteiger partial charge in [-0.3, -0.25) is 9.69 Å². The van der Waals surface area contributed by atoms with Gasteiger partial charge in [0.15, 0.2) is 0 Å². The van der Waals surface area contributed by atoms with Crippen molar-refractivity contribution in [2.24, 2.45) is 0 Å². The molecule has 0 aromatic heterocycles. The van der Waals surface area contributed by atoms with Gasteiger partial charge in [-0.15, -0.1) is 0 Å². The van der Waals surface area contributed by atoms with Gasteiger partial charge in [0.2, 0.25) is 5.91 Å². The van der Waals surface area contributed by atoms with Gasteiger partial charge in [-0.05, 0) is 42.2 Å². The highest BCUT2D eigenvalue weighted by Crippen LogP contribution is 2.29. The molecule has 4 atom stereocenters. The average molecular weight is 493 g/mol. The number of β-amino-alcohol motifs (C(OH)–C–C–N with tert-alkyl or cyclic N) is 1. The summed E-state index contributed by atoms with van der Waals surface area (Å²) < 4.78 is 12.0. The Bertz CT molecular complexity index is 927. The summed E-state index contributed by atoms with van der Waals surface area (Å²) in [5, 5.41) is 14.6. The Kier molecular flexibility index (Phi) is 8.63. The van der Waals surface area contributed by atoms with Crippen LogP contribution in [0.2, 0.25) is 10.0 Å². The van der Waals surface area contributed by atoms with E-state index >= 15 is 0 Å². The Morgan fingerprint density at radius 3 is 2.67 bits per heavy atom. The number of carbonyl (C=O) groups is 1. The molecule has 2 aliphatic heterocycles. The maximum atomic E-state index is 12.5. The quantitative estimate of drug-likeness (QED) is 0.641. The second kappa shape index (κ2) is 11.6. The topological polar surface area (TPSA) is 71.0 Å². The third kappa shape index (κ3) is 6.92. The van der Waals surface area contributed by atoms with Crippen LogP contribution in [0.4, 0.5) is 0 Å². The van der Waals surface area contributed by atoms with Crippen molar-refractivity contribution in [2.75, 3.05) is 19.8 Å². The smallest absolute Gasteiger partial charge is 0.222 e. The lowest BCUT2D eigenvalue weighted by molar-refractivity contribution is -0.158. The van der Waals surface area contributed by atoms with E-state index in [9.17, 15) is 9.90 Å². The molecule has 2 heterocycles. The molecule has 2 aromatic carbocycles. The minimum Gasteiger partial charge on any atom is -0.389 e. The zero-order valence-electron chi connectivity index (χ0n) is 18.5. The molecule has 0 spiro atoms. The van der Waals surface area contributed by atoms with Crippen molar-refractivity contribution >= 4 is 29.1 Å². The molecule has 0 aliphatic carbocycles. The largest absolute Gasteiger partial charge is 0.389 e. The Balaban J connectivity index is 1.34. The lowest BCUT2D eigenvalue weighted by Crippen LogP contribution is -2.55. The number of nitrogens with zero attached hydrogens (tertiary/aromatic N) is 1. The highest BCUT2D eigenvalue weighted by molar-refractivity contribution is 6.31. The summed E-state index contributed by atoms with van der Waals surface area (Å²) >= 11 is 12.2. The van der Waals surface area contributed by atoms with E-state index in [1.165, 1.54) is 0 Å². The first kappa shape index (κ1) is 24.5. The maximum absolute atomic E-state index is 12.5. The van der Waals surface area contributed by atoms with E-state index in [2.05, 4.69) is 10.2 Å². The molecule has 0 radical (unpaired) electrons. The second-order valence-corrected chi connectivity index (χ2v) is 9.60. The fourth-order valence-corrected chi connectivity index (χ4v) is 4.89. The van der Waals surface area contributed by atoms with Crippen LogP contribution < -0.4 is 5.32 Å². The van der Waals surface area contributed by atoms with Gasteiger partial charge in [0, 0.05) is 35.7 Å². The van der Waals surface area contributed by atoms with Gasteiger partial charge in [0.25, 0.3) is 0 Å². The Labute approximate surface area is 204 Å². The first-order valence-corrected chi connectivity index (χ1v) is 12.1. The molecule has 2 fully saturated rings. The minimum atomic E-state index is -0.549.